The highest BCUT2D eigenvalue weighted by Crippen LogP contribution is 2.26. The van der Waals surface area contributed by atoms with Crippen molar-refractivity contribution >= 4 is 23.6 Å². The lowest BCUT2D eigenvalue weighted by molar-refractivity contribution is -0.123. The Balaban J connectivity index is 2.75. The number of alkyl halides is 3. The Bertz CT molecular complexity index is 720. The highest BCUT2D eigenvalue weighted by Gasteiger charge is 2.28. The highest BCUT2D eigenvalue weighted by atomic mass is 35.5. The van der Waals surface area contributed by atoms with E-state index in [9.17, 15) is 27.2 Å². The molecule has 0 aliphatic heterocycles. The molecule has 1 aromatic rings. The van der Waals surface area contributed by atoms with E-state index >= 15 is 0 Å². The van der Waals surface area contributed by atoms with Crippen LogP contribution in [0, 0.1) is 5.82 Å². The molecule has 0 radical (unpaired) electrons. The number of hydrogen-bond donors (Lipinski definition) is 2. The highest BCUT2D eigenvalue weighted by molar-refractivity contribution is 6.33. The maximum atomic E-state index is 14.0. The smallest absolute Gasteiger partial charge is 0.407 e. The fourth-order valence-electron chi connectivity index (χ4n) is 1.85. The molecule has 1 rings (SSSR count). The quantitative estimate of drug-likeness (QED) is 0.670. The summed E-state index contributed by atoms with van der Waals surface area (Å²) in [5, 5.41) is 3.74. The van der Waals surface area contributed by atoms with Gasteiger partial charge >= 0.3 is 12.3 Å². The second-order valence-electron chi connectivity index (χ2n) is 6.92. The van der Waals surface area contributed by atoms with E-state index in [1.54, 1.807) is 33.0 Å². The summed E-state index contributed by atoms with van der Waals surface area (Å²) in [6.07, 6.45) is -5.31. The molecule has 0 saturated heterocycles. The number of benzene rings is 1. The number of rotatable bonds is 6. The Morgan fingerprint density at radius 3 is 2.36 bits per heavy atom. The zero-order valence-electron chi connectivity index (χ0n) is 15.7. The standard InChI is InChI=1S/C17H21ClF4N2O4/c1-9(24-15(26)28-16(2,3)4)7-27-13-5-10(11(18)6-12(13)19)14(25)23-8-17(20,21)22/h5-6,9H,7-8H2,1-4H3,(H,23,25)(H,24,26). The average Bonchev–Trinajstić information content (AvgIpc) is 2.49. The van der Waals surface area contributed by atoms with Crippen LogP contribution in [0.5, 0.6) is 5.75 Å². The van der Waals surface area contributed by atoms with Crippen LogP contribution in [-0.2, 0) is 4.74 Å². The van der Waals surface area contributed by atoms with Crippen molar-refractivity contribution in [3.8, 4) is 5.75 Å². The van der Waals surface area contributed by atoms with Crippen molar-refractivity contribution in [2.75, 3.05) is 13.2 Å². The van der Waals surface area contributed by atoms with Crippen LogP contribution < -0.4 is 15.4 Å². The van der Waals surface area contributed by atoms with Gasteiger partial charge in [0.05, 0.1) is 16.6 Å². The number of nitrogens with one attached hydrogen (secondary N) is 2. The summed E-state index contributed by atoms with van der Waals surface area (Å²) < 4.78 is 60.9. The van der Waals surface area contributed by atoms with Crippen LogP contribution in [0.15, 0.2) is 12.1 Å². The zero-order valence-corrected chi connectivity index (χ0v) is 16.4. The Morgan fingerprint density at radius 1 is 1.21 bits per heavy atom. The number of alkyl carbamates (subject to hydrolysis) is 1. The first kappa shape index (κ1) is 23.8. The summed E-state index contributed by atoms with van der Waals surface area (Å²) in [4.78, 5) is 23.5. The molecule has 0 aliphatic carbocycles. The van der Waals surface area contributed by atoms with E-state index in [2.05, 4.69) is 5.32 Å². The summed E-state index contributed by atoms with van der Waals surface area (Å²) in [6, 6.07) is 1.06. The lowest BCUT2D eigenvalue weighted by Gasteiger charge is -2.22. The van der Waals surface area contributed by atoms with Crippen molar-refractivity contribution in [3.05, 3.63) is 28.5 Å². The number of ether oxygens (including phenoxy) is 2. The van der Waals surface area contributed by atoms with Crippen LogP contribution in [-0.4, -0.2) is 43.0 Å². The third-order valence-corrected chi connectivity index (χ3v) is 3.28. The molecule has 0 aliphatic rings. The Labute approximate surface area is 164 Å². The fourth-order valence-corrected chi connectivity index (χ4v) is 2.09. The van der Waals surface area contributed by atoms with Gasteiger partial charge in [0, 0.05) is 0 Å². The van der Waals surface area contributed by atoms with E-state index in [4.69, 9.17) is 21.1 Å². The first-order chi connectivity index (χ1) is 12.7. The summed E-state index contributed by atoms with van der Waals surface area (Å²) >= 11 is 5.73. The SMILES string of the molecule is CC(COc1cc(C(=O)NCC(F)(F)F)c(Cl)cc1F)NC(=O)OC(C)(C)C. The third kappa shape index (κ3) is 8.64. The van der Waals surface area contributed by atoms with E-state index in [1.165, 1.54) is 0 Å². The largest absolute Gasteiger partial charge is 0.488 e. The monoisotopic (exact) mass is 428 g/mol. The minimum Gasteiger partial charge on any atom is -0.488 e. The van der Waals surface area contributed by atoms with E-state index in [0.717, 1.165) is 12.1 Å². The van der Waals surface area contributed by atoms with Crippen molar-refractivity contribution in [3.63, 3.8) is 0 Å². The minimum atomic E-state index is -4.61. The van der Waals surface area contributed by atoms with Gasteiger partial charge in [-0.15, -0.1) is 0 Å². The molecular weight excluding hydrogens is 408 g/mol. The van der Waals surface area contributed by atoms with Gasteiger partial charge in [0.25, 0.3) is 5.91 Å². The second kappa shape index (κ2) is 9.31. The van der Waals surface area contributed by atoms with Gasteiger partial charge in [-0.25, -0.2) is 9.18 Å². The molecule has 0 saturated carbocycles. The molecule has 1 atom stereocenters. The average molecular weight is 429 g/mol. The molecular formula is C17H21ClF4N2O4. The first-order valence-corrected chi connectivity index (χ1v) is 8.52. The topological polar surface area (TPSA) is 76.7 Å². The Hall–Kier alpha value is -2.23. The molecule has 158 valence electrons. The first-order valence-electron chi connectivity index (χ1n) is 8.14. The molecule has 2 amide bonds. The number of amides is 2. The van der Waals surface area contributed by atoms with Crippen molar-refractivity contribution < 1.29 is 36.6 Å². The molecule has 1 unspecified atom stereocenters. The summed E-state index contributed by atoms with van der Waals surface area (Å²) in [6.45, 7) is 4.86. The van der Waals surface area contributed by atoms with Crippen molar-refractivity contribution in [2.45, 2.75) is 45.5 Å². The maximum Gasteiger partial charge on any atom is 0.407 e. The van der Waals surface area contributed by atoms with E-state index < -0.39 is 47.9 Å². The lowest BCUT2D eigenvalue weighted by Crippen LogP contribution is -2.40. The number of carbonyl (C=O) groups is 2. The normalized spacial score (nSPS) is 12.9. The van der Waals surface area contributed by atoms with Crippen molar-refractivity contribution in [2.24, 2.45) is 0 Å². The van der Waals surface area contributed by atoms with Gasteiger partial charge in [0.15, 0.2) is 11.6 Å². The van der Waals surface area contributed by atoms with Crippen LogP contribution in [0.2, 0.25) is 5.02 Å². The molecule has 28 heavy (non-hydrogen) atoms. The Kier molecular flexibility index (Phi) is 7.92. The van der Waals surface area contributed by atoms with Crippen molar-refractivity contribution in [1.29, 1.82) is 0 Å². The number of hydrogen-bond acceptors (Lipinski definition) is 4. The van der Waals surface area contributed by atoms with Crippen molar-refractivity contribution in [1.82, 2.24) is 10.6 Å². The van der Waals surface area contributed by atoms with Gasteiger partial charge in [-0.05, 0) is 39.8 Å². The molecule has 0 aromatic heterocycles. The summed E-state index contributed by atoms with van der Waals surface area (Å²) in [5.41, 5.74) is -1.08. The van der Waals surface area contributed by atoms with E-state index in [-0.39, 0.29) is 17.2 Å². The lowest BCUT2D eigenvalue weighted by atomic mass is 10.2. The maximum absolute atomic E-state index is 14.0. The van der Waals surface area contributed by atoms with E-state index in [0.29, 0.717) is 0 Å². The van der Waals surface area contributed by atoms with Crippen LogP contribution >= 0.6 is 11.6 Å². The molecule has 2 N–H and O–H groups in total. The van der Waals surface area contributed by atoms with Gasteiger partial charge < -0.3 is 20.1 Å². The molecule has 0 heterocycles. The third-order valence-electron chi connectivity index (χ3n) is 2.97. The zero-order chi connectivity index (χ0) is 21.7. The van der Waals surface area contributed by atoms with Gasteiger partial charge in [-0.1, -0.05) is 11.6 Å². The predicted molar refractivity (Wildman–Crippen MR) is 94.1 cm³/mol. The molecule has 1 aromatic carbocycles. The molecule has 0 fully saturated rings. The van der Waals surface area contributed by atoms with Gasteiger partial charge in [-0.3, -0.25) is 4.79 Å². The number of carbonyl (C=O) groups excluding carboxylic acids is 2. The van der Waals surface area contributed by atoms with Gasteiger partial charge in [-0.2, -0.15) is 13.2 Å². The number of halogens is 5. The second-order valence-corrected chi connectivity index (χ2v) is 7.33. The van der Waals surface area contributed by atoms with E-state index in [1.807, 2.05) is 0 Å². The van der Waals surface area contributed by atoms with Gasteiger partial charge in [0.1, 0.15) is 18.8 Å². The molecule has 0 spiro atoms. The molecule has 11 heteroatoms. The molecule has 6 nitrogen and oxygen atoms in total. The summed E-state index contributed by atoms with van der Waals surface area (Å²) in [7, 11) is 0. The summed E-state index contributed by atoms with van der Waals surface area (Å²) in [5.74, 6) is -2.45. The van der Waals surface area contributed by atoms with Gasteiger partial charge in [0.2, 0.25) is 0 Å². The fraction of sp³-hybridized carbons (Fsp3) is 0.529. The van der Waals surface area contributed by atoms with Crippen LogP contribution in [0.25, 0.3) is 0 Å². The predicted octanol–water partition coefficient (Wildman–Crippen LogP) is 4.06. The Morgan fingerprint density at radius 2 is 1.82 bits per heavy atom. The molecule has 0 bridgehead atoms. The van der Waals surface area contributed by atoms with Crippen LogP contribution in [0.3, 0.4) is 0 Å². The minimum absolute atomic E-state index is 0.193. The van der Waals surface area contributed by atoms with Crippen LogP contribution in [0.1, 0.15) is 38.1 Å². The van der Waals surface area contributed by atoms with Crippen LogP contribution in [0.4, 0.5) is 22.4 Å².